The molecule has 1 atom stereocenters. The number of hydrogen-bond acceptors (Lipinski definition) is 2. The Labute approximate surface area is 113 Å². The molecule has 1 fully saturated rings. The fourth-order valence-corrected chi connectivity index (χ4v) is 2.53. The number of halogens is 1. The molecule has 0 aliphatic carbocycles. The summed E-state index contributed by atoms with van der Waals surface area (Å²) in [5.41, 5.74) is 0.567. The normalized spacial score (nSPS) is 19.8. The Hall–Kier alpha value is -1.00. The summed E-state index contributed by atoms with van der Waals surface area (Å²) in [6.07, 6.45) is 5.28. The third-order valence-electron chi connectivity index (χ3n) is 3.40. The smallest absolute Gasteiger partial charge is 0.270 e. The highest BCUT2D eigenvalue weighted by atomic mass is 35.5. The van der Waals surface area contributed by atoms with Crippen molar-refractivity contribution in [3.63, 3.8) is 0 Å². The molecule has 1 aliphatic rings. The fourth-order valence-electron chi connectivity index (χ4n) is 2.36. The Morgan fingerprint density at radius 1 is 1.56 bits per heavy atom. The first kappa shape index (κ1) is 13.4. The Bertz CT molecular complexity index is 399. The summed E-state index contributed by atoms with van der Waals surface area (Å²) in [7, 11) is 0. The molecule has 4 nitrogen and oxygen atoms in total. The van der Waals surface area contributed by atoms with Crippen LogP contribution in [0, 0.1) is 0 Å². The lowest BCUT2D eigenvalue weighted by atomic mass is 10.0. The van der Waals surface area contributed by atoms with E-state index in [-0.39, 0.29) is 5.91 Å². The van der Waals surface area contributed by atoms with Gasteiger partial charge in [-0.25, -0.2) is 0 Å². The standard InChI is InChI=1S/C13H20ClN3O/c1-2-17(9-11-5-3-4-6-15-11)13(18)12-7-10(14)8-16-12/h7-8,11,15-16H,2-6,9H2,1H3. The van der Waals surface area contributed by atoms with Gasteiger partial charge in [0.15, 0.2) is 0 Å². The largest absolute Gasteiger partial charge is 0.356 e. The molecule has 1 aliphatic heterocycles. The van der Waals surface area contributed by atoms with Crippen LogP contribution >= 0.6 is 11.6 Å². The first-order valence-corrected chi connectivity index (χ1v) is 6.95. The van der Waals surface area contributed by atoms with E-state index in [1.165, 1.54) is 12.8 Å². The van der Waals surface area contributed by atoms with Crippen molar-refractivity contribution in [3.05, 3.63) is 23.0 Å². The van der Waals surface area contributed by atoms with Crippen LogP contribution in [0.5, 0.6) is 0 Å². The van der Waals surface area contributed by atoms with Crippen LogP contribution in [0.4, 0.5) is 0 Å². The van der Waals surface area contributed by atoms with Crippen molar-refractivity contribution < 1.29 is 4.79 Å². The van der Waals surface area contributed by atoms with Gasteiger partial charge in [0.25, 0.3) is 5.91 Å². The lowest BCUT2D eigenvalue weighted by Crippen LogP contribution is -2.45. The van der Waals surface area contributed by atoms with E-state index in [2.05, 4.69) is 10.3 Å². The number of aromatic amines is 1. The molecule has 0 aromatic carbocycles. The van der Waals surface area contributed by atoms with Gasteiger partial charge in [0, 0.05) is 25.3 Å². The van der Waals surface area contributed by atoms with Gasteiger partial charge in [-0.05, 0) is 32.4 Å². The maximum absolute atomic E-state index is 12.3. The van der Waals surface area contributed by atoms with Crippen LogP contribution in [-0.4, -0.2) is 41.5 Å². The van der Waals surface area contributed by atoms with E-state index >= 15 is 0 Å². The molecular formula is C13H20ClN3O. The molecule has 0 bridgehead atoms. The van der Waals surface area contributed by atoms with Crippen LogP contribution in [0.1, 0.15) is 36.7 Å². The minimum absolute atomic E-state index is 0.0248. The molecule has 0 radical (unpaired) electrons. The minimum atomic E-state index is 0.0248. The zero-order chi connectivity index (χ0) is 13.0. The van der Waals surface area contributed by atoms with Crippen LogP contribution < -0.4 is 5.32 Å². The molecule has 1 unspecified atom stereocenters. The number of piperidine rings is 1. The number of amides is 1. The molecule has 1 aromatic heterocycles. The van der Waals surface area contributed by atoms with Gasteiger partial charge >= 0.3 is 0 Å². The summed E-state index contributed by atoms with van der Waals surface area (Å²) in [5, 5.41) is 4.04. The number of rotatable bonds is 4. The zero-order valence-corrected chi connectivity index (χ0v) is 11.5. The second kappa shape index (κ2) is 6.25. The van der Waals surface area contributed by atoms with Gasteiger partial charge < -0.3 is 15.2 Å². The second-order valence-corrected chi connectivity index (χ2v) is 5.16. The summed E-state index contributed by atoms with van der Waals surface area (Å²) in [6.45, 7) is 4.55. The minimum Gasteiger partial charge on any atom is -0.356 e. The van der Waals surface area contributed by atoms with Crippen molar-refractivity contribution in [2.24, 2.45) is 0 Å². The average molecular weight is 270 g/mol. The van der Waals surface area contributed by atoms with Gasteiger partial charge in [0.1, 0.15) is 5.69 Å². The Kier molecular flexibility index (Phi) is 4.66. The monoisotopic (exact) mass is 269 g/mol. The van der Waals surface area contributed by atoms with Crippen LogP contribution in [0.25, 0.3) is 0 Å². The lowest BCUT2D eigenvalue weighted by Gasteiger charge is -2.29. The third-order valence-corrected chi connectivity index (χ3v) is 3.62. The van der Waals surface area contributed by atoms with E-state index in [0.717, 1.165) is 19.5 Å². The first-order chi connectivity index (χ1) is 8.70. The maximum atomic E-state index is 12.3. The summed E-state index contributed by atoms with van der Waals surface area (Å²) >= 11 is 5.83. The fraction of sp³-hybridized carbons (Fsp3) is 0.615. The molecule has 0 saturated carbocycles. The van der Waals surface area contributed by atoms with Gasteiger partial charge in [0.2, 0.25) is 0 Å². The SMILES string of the molecule is CCN(CC1CCCCN1)C(=O)c1cc(Cl)c[nH]1. The van der Waals surface area contributed by atoms with Crippen LogP contribution in [0.2, 0.25) is 5.02 Å². The number of carbonyl (C=O) groups is 1. The highest BCUT2D eigenvalue weighted by molar-refractivity contribution is 6.30. The third kappa shape index (κ3) is 3.27. The van der Waals surface area contributed by atoms with Crippen molar-refractivity contribution in [2.45, 2.75) is 32.2 Å². The van der Waals surface area contributed by atoms with E-state index in [9.17, 15) is 4.79 Å². The van der Waals surface area contributed by atoms with Gasteiger partial charge in [-0.3, -0.25) is 4.79 Å². The number of likely N-dealkylation sites (N-methyl/N-ethyl adjacent to an activating group) is 1. The van der Waals surface area contributed by atoms with Crippen molar-refractivity contribution in [2.75, 3.05) is 19.6 Å². The highest BCUT2D eigenvalue weighted by Crippen LogP contribution is 2.13. The maximum Gasteiger partial charge on any atom is 0.270 e. The number of nitrogens with one attached hydrogen (secondary N) is 2. The molecule has 2 N–H and O–H groups in total. The van der Waals surface area contributed by atoms with E-state index in [1.807, 2.05) is 11.8 Å². The zero-order valence-electron chi connectivity index (χ0n) is 10.7. The Balaban J connectivity index is 1.97. The molecule has 1 amide bonds. The number of carbonyl (C=O) groups excluding carboxylic acids is 1. The lowest BCUT2D eigenvalue weighted by molar-refractivity contribution is 0.0736. The van der Waals surface area contributed by atoms with E-state index in [1.54, 1.807) is 12.3 Å². The molecule has 100 valence electrons. The molecule has 2 rings (SSSR count). The predicted octanol–water partition coefficient (Wildman–Crippen LogP) is 2.27. The van der Waals surface area contributed by atoms with Crippen molar-refractivity contribution >= 4 is 17.5 Å². The van der Waals surface area contributed by atoms with Crippen molar-refractivity contribution in [1.29, 1.82) is 0 Å². The Morgan fingerprint density at radius 2 is 2.39 bits per heavy atom. The topological polar surface area (TPSA) is 48.1 Å². The summed E-state index contributed by atoms with van der Waals surface area (Å²) in [6, 6.07) is 2.11. The first-order valence-electron chi connectivity index (χ1n) is 6.57. The molecule has 2 heterocycles. The van der Waals surface area contributed by atoms with E-state index in [4.69, 9.17) is 11.6 Å². The average Bonchev–Trinajstić information content (AvgIpc) is 2.83. The summed E-state index contributed by atoms with van der Waals surface area (Å²) in [5.74, 6) is 0.0248. The molecule has 1 aromatic rings. The van der Waals surface area contributed by atoms with Gasteiger partial charge in [-0.15, -0.1) is 0 Å². The Morgan fingerprint density at radius 3 is 2.94 bits per heavy atom. The number of H-pyrrole nitrogens is 1. The van der Waals surface area contributed by atoms with Crippen LogP contribution in [0.3, 0.4) is 0 Å². The van der Waals surface area contributed by atoms with E-state index in [0.29, 0.717) is 23.3 Å². The number of hydrogen-bond donors (Lipinski definition) is 2. The second-order valence-electron chi connectivity index (χ2n) is 4.72. The van der Waals surface area contributed by atoms with E-state index < -0.39 is 0 Å². The van der Waals surface area contributed by atoms with Gasteiger partial charge in [-0.2, -0.15) is 0 Å². The van der Waals surface area contributed by atoms with Crippen LogP contribution in [0.15, 0.2) is 12.3 Å². The number of nitrogens with zero attached hydrogens (tertiary/aromatic N) is 1. The summed E-state index contributed by atoms with van der Waals surface area (Å²) < 4.78 is 0. The van der Waals surface area contributed by atoms with Gasteiger partial charge in [0.05, 0.1) is 5.02 Å². The van der Waals surface area contributed by atoms with Gasteiger partial charge in [-0.1, -0.05) is 18.0 Å². The molecule has 1 saturated heterocycles. The van der Waals surface area contributed by atoms with Crippen molar-refractivity contribution in [1.82, 2.24) is 15.2 Å². The predicted molar refractivity (Wildman–Crippen MR) is 73.0 cm³/mol. The van der Waals surface area contributed by atoms with Crippen molar-refractivity contribution in [3.8, 4) is 0 Å². The number of aromatic nitrogens is 1. The molecule has 0 spiro atoms. The highest BCUT2D eigenvalue weighted by Gasteiger charge is 2.21. The molecule has 5 heteroatoms. The molecule has 18 heavy (non-hydrogen) atoms. The van der Waals surface area contributed by atoms with Crippen LogP contribution in [-0.2, 0) is 0 Å². The quantitative estimate of drug-likeness (QED) is 0.881. The molecular weight excluding hydrogens is 250 g/mol. The summed E-state index contributed by atoms with van der Waals surface area (Å²) in [4.78, 5) is 17.1.